The summed E-state index contributed by atoms with van der Waals surface area (Å²) in [5, 5.41) is 18.3. The molecule has 0 spiro atoms. The number of phenols is 1. The number of aromatic hydroxyl groups is 1. The third-order valence-electron chi connectivity index (χ3n) is 3.07. The van der Waals surface area contributed by atoms with E-state index in [0.29, 0.717) is 11.5 Å². The van der Waals surface area contributed by atoms with Crippen LogP contribution in [0.2, 0.25) is 0 Å². The molecule has 6 heteroatoms. The maximum absolute atomic E-state index is 12.2. The largest absolute Gasteiger partial charge is 0.507 e. The third kappa shape index (κ3) is 3.85. The lowest BCUT2D eigenvalue weighted by atomic mass is 10.2. The van der Waals surface area contributed by atoms with Crippen molar-refractivity contribution >= 4 is 16.8 Å². The Balaban J connectivity index is 1.97. The molecular weight excluding hydrogens is 304 g/mol. The summed E-state index contributed by atoms with van der Waals surface area (Å²) in [7, 11) is -1.18. The van der Waals surface area contributed by atoms with Gasteiger partial charge in [0.25, 0.3) is 0 Å². The van der Waals surface area contributed by atoms with E-state index in [-0.39, 0.29) is 17.9 Å². The van der Waals surface area contributed by atoms with Gasteiger partial charge in [-0.25, -0.2) is 4.79 Å². The van der Waals surface area contributed by atoms with Crippen LogP contribution in [0.25, 0.3) is 0 Å². The van der Waals surface area contributed by atoms with Crippen LogP contribution in [0, 0.1) is 6.92 Å². The molecular formula is C16H16O5S. The molecule has 116 valence electrons. The van der Waals surface area contributed by atoms with Crippen molar-refractivity contribution in [2.45, 2.75) is 11.8 Å². The number of carboxylic acids is 1. The van der Waals surface area contributed by atoms with E-state index in [1.54, 1.807) is 0 Å². The molecule has 0 fully saturated rings. The molecule has 0 amide bonds. The molecule has 0 aliphatic rings. The second kappa shape index (κ2) is 7.09. The normalized spacial score (nSPS) is 11.9. The second-order valence-corrected chi connectivity index (χ2v) is 6.19. The molecule has 2 aromatic rings. The maximum atomic E-state index is 12.2. The molecule has 0 bridgehead atoms. The van der Waals surface area contributed by atoms with Gasteiger partial charge in [-0.15, -0.1) is 0 Å². The highest BCUT2D eigenvalue weighted by Crippen LogP contribution is 2.23. The minimum atomic E-state index is -1.23. The Bertz CT molecular complexity index is 711. The van der Waals surface area contributed by atoms with Crippen molar-refractivity contribution in [3.8, 4) is 11.5 Å². The summed E-state index contributed by atoms with van der Waals surface area (Å²) in [5.41, 5.74) is 0.733. The van der Waals surface area contributed by atoms with Crippen LogP contribution >= 0.6 is 0 Å². The summed E-state index contributed by atoms with van der Waals surface area (Å²) in [6.07, 6.45) is 0. The second-order valence-electron chi connectivity index (χ2n) is 4.65. The fraction of sp³-hybridized carbons (Fsp3) is 0.188. The number of rotatable bonds is 6. The quantitative estimate of drug-likeness (QED) is 0.854. The van der Waals surface area contributed by atoms with Gasteiger partial charge in [0.15, 0.2) is 0 Å². The highest BCUT2D eigenvalue weighted by molar-refractivity contribution is 7.85. The van der Waals surface area contributed by atoms with Gasteiger partial charge in [0.2, 0.25) is 0 Å². The van der Waals surface area contributed by atoms with E-state index in [0.717, 1.165) is 10.5 Å². The molecule has 0 aromatic heterocycles. The molecule has 0 heterocycles. The molecule has 2 N–H and O–H groups in total. The van der Waals surface area contributed by atoms with Crippen molar-refractivity contribution in [2.24, 2.45) is 0 Å². The fourth-order valence-electron chi connectivity index (χ4n) is 1.93. The van der Waals surface area contributed by atoms with E-state index in [9.17, 15) is 14.1 Å². The predicted octanol–water partition coefficient (Wildman–Crippen LogP) is 2.59. The van der Waals surface area contributed by atoms with Crippen LogP contribution in [0.15, 0.2) is 47.4 Å². The monoisotopic (exact) mass is 320 g/mol. The van der Waals surface area contributed by atoms with E-state index in [4.69, 9.17) is 9.84 Å². The number of benzene rings is 2. The van der Waals surface area contributed by atoms with Crippen LogP contribution in [0.3, 0.4) is 0 Å². The zero-order valence-corrected chi connectivity index (χ0v) is 12.8. The van der Waals surface area contributed by atoms with Gasteiger partial charge in [-0.2, -0.15) is 0 Å². The molecule has 0 saturated carbocycles. The average molecular weight is 320 g/mol. The summed E-state index contributed by atoms with van der Waals surface area (Å²) in [6.45, 7) is 2.08. The Morgan fingerprint density at radius 1 is 1.23 bits per heavy atom. The SMILES string of the molecule is Cc1ccccc1S(=O)CCOc1ccc(O)c(C(=O)O)c1. The van der Waals surface area contributed by atoms with E-state index < -0.39 is 16.8 Å². The van der Waals surface area contributed by atoms with Crippen molar-refractivity contribution < 1.29 is 24.0 Å². The van der Waals surface area contributed by atoms with Gasteiger partial charge in [0, 0.05) is 4.90 Å². The van der Waals surface area contributed by atoms with Crippen molar-refractivity contribution in [1.29, 1.82) is 0 Å². The van der Waals surface area contributed by atoms with Gasteiger partial charge >= 0.3 is 5.97 Å². The first kappa shape index (κ1) is 16.0. The number of aryl methyl sites for hydroxylation is 1. The van der Waals surface area contributed by atoms with Crippen LogP contribution in [0.4, 0.5) is 0 Å². The first-order valence-corrected chi connectivity index (χ1v) is 7.94. The zero-order chi connectivity index (χ0) is 16.1. The lowest BCUT2D eigenvalue weighted by Gasteiger charge is -2.09. The van der Waals surface area contributed by atoms with E-state index in [1.165, 1.54) is 18.2 Å². The number of carbonyl (C=O) groups is 1. The number of ether oxygens (including phenoxy) is 1. The molecule has 0 aliphatic carbocycles. The summed E-state index contributed by atoms with van der Waals surface area (Å²) in [6, 6.07) is 11.4. The first-order valence-electron chi connectivity index (χ1n) is 6.62. The summed E-state index contributed by atoms with van der Waals surface area (Å²) < 4.78 is 17.6. The standard InChI is InChI=1S/C16H16O5S/c1-11-4-2-3-5-15(11)22(20)9-8-21-12-6-7-14(17)13(10-12)16(18)19/h2-7,10,17H,8-9H2,1H3,(H,18,19). The molecule has 5 nitrogen and oxygen atoms in total. The lowest BCUT2D eigenvalue weighted by molar-refractivity contribution is 0.0693. The number of aromatic carboxylic acids is 1. The average Bonchev–Trinajstić information content (AvgIpc) is 2.49. The molecule has 2 rings (SSSR count). The molecule has 1 unspecified atom stereocenters. The van der Waals surface area contributed by atoms with E-state index in [1.807, 2.05) is 31.2 Å². The lowest BCUT2D eigenvalue weighted by Crippen LogP contribution is -2.10. The van der Waals surface area contributed by atoms with Crippen LogP contribution in [-0.2, 0) is 10.8 Å². The zero-order valence-electron chi connectivity index (χ0n) is 12.0. The number of carboxylic acid groups (broad SMARTS) is 1. The Labute approximate surface area is 130 Å². The van der Waals surface area contributed by atoms with Crippen LogP contribution in [-0.4, -0.2) is 32.8 Å². The molecule has 1 atom stereocenters. The van der Waals surface area contributed by atoms with Gasteiger partial charge in [-0.1, -0.05) is 18.2 Å². The highest BCUT2D eigenvalue weighted by Gasteiger charge is 2.11. The smallest absolute Gasteiger partial charge is 0.339 e. The van der Waals surface area contributed by atoms with Crippen molar-refractivity contribution in [2.75, 3.05) is 12.4 Å². The Morgan fingerprint density at radius 2 is 1.95 bits per heavy atom. The van der Waals surface area contributed by atoms with Gasteiger partial charge in [0.05, 0.1) is 16.6 Å². The number of hydrogen-bond donors (Lipinski definition) is 2. The van der Waals surface area contributed by atoms with Gasteiger partial charge in [0.1, 0.15) is 23.7 Å². The van der Waals surface area contributed by atoms with Crippen molar-refractivity contribution in [3.05, 3.63) is 53.6 Å². The van der Waals surface area contributed by atoms with Crippen molar-refractivity contribution in [1.82, 2.24) is 0 Å². The molecule has 0 radical (unpaired) electrons. The molecule has 0 aliphatic heterocycles. The minimum Gasteiger partial charge on any atom is -0.507 e. The Kier molecular flexibility index (Phi) is 5.16. The van der Waals surface area contributed by atoms with Crippen LogP contribution < -0.4 is 4.74 Å². The van der Waals surface area contributed by atoms with Gasteiger partial charge in [-0.3, -0.25) is 4.21 Å². The topological polar surface area (TPSA) is 83.8 Å². The fourth-order valence-corrected chi connectivity index (χ4v) is 3.05. The van der Waals surface area contributed by atoms with Crippen LogP contribution in [0.5, 0.6) is 11.5 Å². The molecule has 2 aromatic carbocycles. The first-order chi connectivity index (χ1) is 10.5. The Hall–Kier alpha value is -2.34. The van der Waals surface area contributed by atoms with Gasteiger partial charge < -0.3 is 14.9 Å². The molecule has 22 heavy (non-hydrogen) atoms. The third-order valence-corrected chi connectivity index (χ3v) is 4.56. The maximum Gasteiger partial charge on any atom is 0.339 e. The minimum absolute atomic E-state index is 0.185. The number of hydrogen-bond acceptors (Lipinski definition) is 4. The summed E-state index contributed by atoms with van der Waals surface area (Å²) >= 11 is 0. The Morgan fingerprint density at radius 3 is 2.64 bits per heavy atom. The van der Waals surface area contributed by atoms with E-state index in [2.05, 4.69) is 0 Å². The molecule has 0 saturated heterocycles. The van der Waals surface area contributed by atoms with E-state index >= 15 is 0 Å². The van der Waals surface area contributed by atoms with Gasteiger partial charge in [-0.05, 0) is 36.8 Å². The summed E-state index contributed by atoms with van der Waals surface area (Å²) in [5.74, 6) is -0.930. The predicted molar refractivity (Wildman–Crippen MR) is 83.0 cm³/mol. The summed E-state index contributed by atoms with van der Waals surface area (Å²) in [4.78, 5) is 11.7. The highest BCUT2D eigenvalue weighted by atomic mass is 32.2. The van der Waals surface area contributed by atoms with Crippen molar-refractivity contribution in [3.63, 3.8) is 0 Å². The van der Waals surface area contributed by atoms with Crippen LogP contribution in [0.1, 0.15) is 15.9 Å².